The molecule has 3 aliphatic rings. The largest absolute Gasteiger partial charge is 0.342 e. The lowest BCUT2D eigenvalue weighted by Crippen LogP contribution is -2.60. The Hall–Kier alpha value is -1.06. The Morgan fingerprint density at radius 3 is 2.38 bits per heavy atom. The Labute approximate surface area is 127 Å². The lowest BCUT2D eigenvalue weighted by atomic mass is 9.79. The van der Waals surface area contributed by atoms with Crippen molar-refractivity contribution in [3.63, 3.8) is 0 Å². The van der Waals surface area contributed by atoms with Crippen LogP contribution in [0.3, 0.4) is 0 Å². The molecule has 0 aromatic carbocycles. The molecule has 1 atom stereocenters. The number of nitrogens with zero attached hydrogens (tertiary/aromatic N) is 1. The minimum atomic E-state index is -0.593. The highest BCUT2D eigenvalue weighted by molar-refractivity contribution is 5.93. The Morgan fingerprint density at radius 2 is 1.76 bits per heavy atom. The van der Waals surface area contributed by atoms with E-state index in [9.17, 15) is 9.59 Å². The van der Waals surface area contributed by atoms with E-state index in [4.69, 9.17) is 0 Å². The predicted octanol–water partition coefficient (Wildman–Crippen LogP) is 2.62. The molecule has 4 nitrogen and oxygen atoms in total. The lowest BCUT2D eigenvalue weighted by molar-refractivity contribution is -0.144. The van der Waals surface area contributed by atoms with E-state index in [1.807, 2.05) is 0 Å². The maximum absolute atomic E-state index is 13.3. The van der Waals surface area contributed by atoms with Gasteiger partial charge in [-0.15, -0.1) is 0 Å². The molecule has 1 heterocycles. The molecule has 21 heavy (non-hydrogen) atoms. The zero-order valence-electron chi connectivity index (χ0n) is 13.4. The molecule has 1 aliphatic heterocycles. The smallest absolute Gasteiger partial charge is 0.248 e. The van der Waals surface area contributed by atoms with E-state index in [-0.39, 0.29) is 17.2 Å². The Bertz CT molecular complexity index is 438. The summed E-state index contributed by atoms with van der Waals surface area (Å²) >= 11 is 0. The van der Waals surface area contributed by atoms with Crippen molar-refractivity contribution in [2.24, 2.45) is 5.41 Å². The monoisotopic (exact) mass is 292 g/mol. The van der Waals surface area contributed by atoms with Crippen LogP contribution in [0.1, 0.15) is 71.6 Å². The van der Waals surface area contributed by atoms with Gasteiger partial charge in [-0.3, -0.25) is 9.59 Å². The number of carbonyl (C=O) groups is 2. The van der Waals surface area contributed by atoms with E-state index in [2.05, 4.69) is 24.1 Å². The fourth-order valence-electron chi connectivity index (χ4n) is 4.66. The van der Waals surface area contributed by atoms with Crippen molar-refractivity contribution in [1.29, 1.82) is 0 Å². The van der Waals surface area contributed by atoms with Gasteiger partial charge < -0.3 is 10.2 Å². The van der Waals surface area contributed by atoms with Gasteiger partial charge in [0.05, 0.1) is 0 Å². The van der Waals surface area contributed by atoms with E-state index in [0.717, 1.165) is 32.1 Å². The van der Waals surface area contributed by atoms with Crippen LogP contribution in [0.2, 0.25) is 0 Å². The molecule has 2 saturated carbocycles. The topological polar surface area (TPSA) is 49.4 Å². The molecule has 1 spiro atoms. The molecule has 0 aromatic heterocycles. The van der Waals surface area contributed by atoms with Crippen molar-refractivity contribution < 1.29 is 9.59 Å². The summed E-state index contributed by atoms with van der Waals surface area (Å²) in [5.41, 5.74) is -0.413. The molecule has 0 aromatic rings. The summed E-state index contributed by atoms with van der Waals surface area (Å²) < 4.78 is 0. The fraction of sp³-hybridized carbons (Fsp3) is 0.882. The van der Waals surface area contributed by atoms with Crippen LogP contribution in [0.25, 0.3) is 0 Å². The van der Waals surface area contributed by atoms with Crippen molar-refractivity contribution in [1.82, 2.24) is 10.2 Å². The van der Waals surface area contributed by atoms with Crippen LogP contribution in [0, 0.1) is 5.41 Å². The van der Waals surface area contributed by atoms with Crippen LogP contribution in [-0.2, 0) is 9.59 Å². The SMILES string of the molecule is CC1(C)CCCC1N1CCC(=O)NC2(CCCCC2)C1=O. The van der Waals surface area contributed by atoms with E-state index in [0.29, 0.717) is 19.0 Å². The average Bonchev–Trinajstić information content (AvgIpc) is 2.74. The Morgan fingerprint density at radius 1 is 1.05 bits per heavy atom. The number of amides is 2. The second-order valence-corrected chi connectivity index (χ2v) is 7.84. The summed E-state index contributed by atoms with van der Waals surface area (Å²) in [4.78, 5) is 27.5. The van der Waals surface area contributed by atoms with Gasteiger partial charge in [-0.1, -0.05) is 39.5 Å². The predicted molar refractivity (Wildman–Crippen MR) is 81.7 cm³/mol. The molecule has 3 fully saturated rings. The Kier molecular flexibility index (Phi) is 3.74. The summed E-state index contributed by atoms with van der Waals surface area (Å²) in [5.74, 6) is 0.261. The van der Waals surface area contributed by atoms with Crippen molar-refractivity contribution in [2.75, 3.05) is 6.54 Å². The quantitative estimate of drug-likeness (QED) is 0.807. The summed E-state index contributed by atoms with van der Waals surface area (Å²) in [7, 11) is 0. The van der Waals surface area contributed by atoms with E-state index < -0.39 is 5.54 Å². The summed E-state index contributed by atoms with van der Waals surface area (Å²) in [6.07, 6.45) is 8.83. The zero-order valence-corrected chi connectivity index (χ0v) is 13.4. The molecular weight excluding hydrogens is 264 g/mol. The number of carbonyl (C=O) groups excluding carboxylic acids is 2. The van der Waals surface area contributed by atoms with Crippen molar-refractivity contribution in [2.45, 2.75) is 83.2 Å². The molecule has 1 N–H and O–H groups in total. The van der Waals surface area contributed by atoms with Gasteiger partial charge in [0, 0.05) is 19.0 Å². The first kappa shape index (κ1) is 14.9. The first-order chi connectivity index (χ1) is 9.95. The third kappa shape index (κ3) is 2.58. The molecular formula is C17H28N2O2. The number of hydrogen-bond acceptors (Lipinski definition) is 2. The van der Waals surface area contributed by atoms with Crippen LogP contribution in [0.15, 0.2) is 0 Å². The highest BCUT2D eigenvalue weighted by Gasteiger charge is 2.49. The molecule has 118 valence electrons. The molecule has 0 bridgehead atoms. The van der Waals surface area contributed by atoms with Crippen LogP contribution in [0.4, 0.5) is 0 Å². The van der Waals surface area contributed by atoms with Gasteiger partial charge in [0.25, 0.3) is 0 Å². The van der Waals surface area contributed by atoms with Gasteiger partial charge in [-0.2, -0.15) is 0 Å². The van der Waals surface area contributed by atoms with Gasteiger partial charge >= 0.3 is 0 Å². The fourth-order valence-corrected chi connectivity index (χ4v) is 4.66. The van der Waals surface area contributed by atoms with Gasteiger partial charge in [-0.25, -0.2) is 0 Å². The van der Waals surface area contributed by atoms with Crippen molar-refractivity contribution in [3.05, 3.63) is 0 Å². The van der Waals surface area contributed by atoms with Gasteiger partial charge in [-0.05, 0) is 31.1 Å². The van der Waals surface area contributed by atoms with Crippen molar-refractivity contribution in [3.8, 4) is 0 Å². The average molecular weight is 292 g/mol. The molecule has 2 aliphatic carbocycles. The van der Waals surface area contributed by atoms with Gasteiger partial charge in [0.2, 0.25) is 11.8 Å². The van der Waals surface area contributed by atoms with Gasteiger partial charge in [0.1, 0.15) is 5.54 Å². The molecule has 1 saturated heterocycles. The molecule has 2 amide bonds. The first-order valence-electron chi connectivity index (χ1n) is 8.57. The molecule has 4 heteroatoms. The second kappa shape index (κ2) is 5.29. The third-order valence-corrected chi connectivity index (χ3v) is 5.91. The highest BCUT2D eigenvalue weighted by Crippen LogP contribution is 2.43. The molecule has 3 rings (SSSR count). The van der Waals surface area contributed by atoms with E-state index in [1.165, 1.54) is 19.3 Å². The highest BCUT2D eigenvalue weighted by atomic mass is 16.2. The number of hydrogen-bond donors (Lipinski definition) is 1. The number of nitrogens with one attached hydrogen (secondary N) is 1. The van der Waals surface area contributed by atoms with Crippen LogP contribution >= 0.6 is 0 Å². The lowest BCUT2D eigenvalue weighted by Gasteiger charge is -2.43. The van der Waals surface area contributed by atoms with E-state index >= 15 is 0 Å². The molecule has 0 radical (unpaired) electrons. The van der Waals surface area contributed by atoms with Crippen LogP contribution in [0.5, 0.6) is 0 Å². The summed E-state index contributed by atoms with van der Waals surface area (Å²) in [6, 6.07) is 0.302. The van der Waals surface area contributed by atoms with Gasteiger partial charge in [0.15, 0.2) is 0 Å². The van der Waals surface area contributed by atoms with Crippen LogP contribution in [-0.4, -0.2) is 34.8 Å². The minimum Gasteiger partial charge on any atom is -0.342 e. The zero-order chi connectivity index (χ0) is 15.1. The normalized spacial score (nSPS) is 32.1. The Balaban J connectivity index is 1.90. The third-order valence-electron chi connectivity index (χ3n) is 5.91. The maximum Gasteiger partial charge on any atom is 0.248 e. The van der Waals surface area contributed by atoms with Crippen LogP contribution < -0.4 is 5.32 Å². The molecule has 1 unspecified atom stereocenters. The minimum absolute atomic E-state index is 0.0588. The standard InChI is InChI=1S/C17H28N2O2/c1-16(2)9-6-7-13(16)19-12-8-14(20)18-17(15(19)21)10-4-3-5-11-17/h13H,3-12H2,1-2H3,(H,18,20). The van der Waals surface area contributed by atoms with Crippen molar-refractivity contribution >= 4 is 11.8 Å². The second-order valence-electron chi connectivity index (χ2n) is 7.84. The maximum atomic E-state index is 13.3. The summed E-state index contributed by atoms with van der Waals surface area (Å²) in [5, 5.41) is 3.09. The van der Waals surface area contributed by atoms with E-state index in [1.54, 1.807) is 0 Å². The number of rotatable bonds is 1. The summed E-state index contributed by atoms with van der Waals surface area (Å²) in [6.45, 7) is 5.14. The first-order valence-corrected chi connectivity index (χ1v) is 8.57.